The number of nitriles is 1. The number of unbranched alkanes of at least 4 members (excludes halogenated alkanes) is 1. The number of piperidine rings is 1. The Balaban J connectivity index is 2.86. The zero-order valence-corrected chi connectivity index (χ0v) is 14.7. The second-order valence-corrected chi connectivity index (χ2v) is 7.02. The van der Waals surface area contributed by atoms with E-state index < -0.39 is 17.1 Å². The zero-order valence-electron chi connectivity index (χ0n) is 14.7. The molecular weight excluding hydrogens is 296 g/mol. The van der Waals surface area contributed by atoms with Crippen LogP contribution in [-0.2, 0) is 14.3 Å². The molecule has 1 amide bonds. The molecule has 0 radical (unpaired) electrons. The molecule has 1 aliphatic rings. The van der Waals surface area contributed by atoms with Gasteiger partial charge in [-0.25, -0.2) is 4.79 Å². The minimum Gasteiger partial charge on any atom is -0.466 e. The molecule has 1 heterocycles. The van der Waals surface area contributed by atoms with Crippen molar-refractivity contribution in [2.75, 3.05) is 19.7 Å². The third kappa shape index (κ3) is 5.74. The van der Waals surface area contributed by atoms with Gasteiger partial charge in [0, 0.05) is 19.5 Å². The second kappa shape index (κ2) is 8.19. The van der Waals surface area contributed by atoms with E-state index in [9.17, 15) is 9.59 Å². The van der Waals surface area contributed by atoms with Gasteiger partial charge in [0.1, 0.15) is 5.60 Å². The molecule has 1 aliphatic heterocycles. The normalized spacial score (nSPS) is 21.4. The fourth-order valence-corrected chi connectivity index (χ4v) is 2.88. The maximum absolute atomic E-state index is 12.5. The predicted molar refractivity (Wildman–Crippen MR) is 85.6 cm³/mol. The van der Waals surface area contributed by atoms with Crippen molar-refractivity contribution in [2.24, 2.45) is 5.41 Å². The van der Waals surface area contributed by atoms with Gasteiger partial charge in [-0.05, 0) is 53.4 Å². The van der Waals surface area contributed by atoms with E-state index >= 15 is 0 Å². The largest absolute Gasteiger partial charge is 0.466 e. The monoisotopic (exact) mass is 324 g/mol. The van der Waals surface area contributed by atoms with E-state index in [1.165, 1.54) is 0 Å². The fraction of sp³-hybridized carbons (Fsp3) is 0.824. The van der Waals surface area contributed by atoms with Crippen molar-refractivity contribution >= 4 is 12.1 Å². The molecule has 1 atom stereocenters. The van der Waals surface area contributed by atoms with E-state index in [-0.39, 0.29) is 5.97 Å². The average Bonchev–Trinajstić information content (AvgIpc) is 2.46. The number of amides is 1. The molecule has 0 N–H and O–H groups in total. The number of hydrogen-bond donors (Lipinski definition) is 0. The van der Waals surface area contributed by atoms with Gasteiger partial charge in [0.2, 0.25) is 0 Å². The predicted octanol–water partition coefficient (Wildman–Crippen LogP) is 3.26. The molecule has 0 aromatic heterocycles. The number of nitrogens with zero attached hydrogens (tertiary/aromatic N) is 2. The molecule has 1 unspecified atom stereocenters. The lowest BCUT2D eigenvalue weighted by Gasteiger charge is -2.41. The summed E-state index contributed by atoms with van der Waals surface area (Å²) >= 11 is 0. The summed E-state index contributed by atoms with van der Waals surface area (Å²) in [5.74, 6) is -0.272. The molecule has 0 aliphatic carbocycles. The highest BCUT2D eigenvalue weighted by atomic mass is 16.6. The van der Waals surface area contributed by atoms with Crippen molar-refractivity contribution in [1.29, 1.82) is 5.26 Å². The van der Waals surface area contributed by atoms with Gasteiger partial charge in [-0.15, -0.1) is 0 Å². The van der Waals surface area contributed by atoms with Crippen molar-refractivity contribution in [1.82, 2.24) is 4.90 Å². The summed E-state index contributed by atoms with van der Waals surface area (Å²) in [5, 5.41) is 8.74. The van der Waals surface area contributed by atoms with Crippen LogP contribution in [0.25, 0.3) is 0 Å². The summed E-state index contributed by atoms with van der Waals surface area (Å²) in [6.45, 7) is 8.42. The molecule has 130 valence electrons. The SMILES string of the molecule is CCOC(=O)C1(CCCC#N)CCCN(C(=O)OC(C)(C)C)C1. The molecule has 0 saturated carbocycles. The van der Waals surface area contributed by atoms with Crippen molar-refractivity contribution in [2.45, 2.75) is 65.4 Å². The van der Waals surface area contributed by atoms with Gasteiger partial charge in [0.25, 0.3) is 0 Å². The van der Waals surface area contributed by atoms with E-state index in [1.54, 1.807) is 11.8 Å². The molecule has 1 fully saturated rings. The Labute approximate surface area is 138 Å². The highest BCUT2D eigenvalue weighted by Crippen LogP contribution is 2.37. The standard InChI is InChI=1S/C17H28N2O4/c1-5-22-14(20)17(9-6-7-11-18)10-8-12-19(13-17)15(21)23-16(2,3)4/h5-10,12-13H2,1-4H3. The molecule has 23 heavy (non-hydrogen) atoms. The van der Waals surface area contributed by atoms with Crippen LogP contribution in [0.1, 0.15) is 59.8 Å². The first-order chi connectivity index (χ1) is 10.7. The lowest BCUT2D eigenvalue weighted by molar-refractivity contribution is -0.159. The third-order valence-electron chi connectivity index (χ3n) is 3.88. The van der Waals surface area contributed by atoms with Crippen LogP contribution in [0.5, 0.6) is 0 Å². The Hall–Kier alpha value is -1.77. The maximum Gasteiger partial charge on any atom is 0.410 e. The van der Waals surface area contributed by atoms with Crippen molar-refractivity contribution < 1.29 is 19.1 Å². The van der Waals surface area contributed by atoms with Gasteiger partial charge >= 0.3 is 12.1 Å². The number of carbonyl (C=O) groups excluding carboxylic acids is 2. The number of rotatable bonds is 5. The van der Waals surface area contributed by atoms with E-state index in [1.807, 2.05) is 20.8 Å². The number of hydrogen-bond acceptors (Lipinski definition) is 5. The highest BCUT2D eigenvalue weighted by molar-refractivity contribution is 5.78. The molecule has 6 heteroatoms. The first-order valence-electron chi connectivity index (χ1n) is 8.26. The van der Waals surface area contributed by atoms with Gasteiger partial charge in [0.15, 0.2) is 0 Å². The number of carbonyl (C=O) groups is 2. The molecule has 6 nitrogen and oxygen atoms in total. The van der Waals surface area contributed by atoms with Crippen LogP contribution < -0.4 is 0 Å². The van der Waals surface area contributed by atoms with Crippen LogP contribution in [0.2, 0.25) is 0 Å². The summed E-state index contributed by atoms with van der Waals surface area (Å²) in [6.07, 6.45) is 2.58. The Kier molecular flexibility index (Phi) is 6.86. The smallest absolute Gasteiger partial charge is 0.410 e. The van der Waals surface area contributed by atoms with Crippen molar-refractivity contribution in [3.05, 3.63) is 0 Å². The van der Waals surface area contributed by atoms with Gasteiger partial charge < -0.3 is 14.4 Å². The van der Waals surface area contributed by atoms with Crippen molar-refractivity contribution in [3.8, 4) is 6.07 Å². The van der Waals surface area contributed by atoms with Crippen LogP contribution in [-0.4, -0.2) is 42.3 Å². The third-order valence-corrected chi connectivity index (χ3v) is 3.88. The summed E-state index contributed by atoms with van der Waals surface area (Å²) in [4.78, 5) is 26.4. The topological polar surface area (TPSA) is 79.6 Å². The Morgan fingerprint density at radius 2 is 2.04 bits per heavy atom. The average molecular weight is 324 g/mol. The minimum atomic E-state index is -0.720. The lowest BCUT2D eigenvalue weighted by atomic mass is 9.76. The quantitative estimate of drug-likeness (QED) is 0.573. The van der Waals surface area contributed by atoms with Crippen LogP contribution in [0, 0.1) is 16.7 Å². The van der Waals surface area contributed by atoms with E-state index in [0.717, 1.165) is 6.42 Å². The van der Waals surface area contributed by atoms with Gasteiger partial charge in [-0.3, -0.25) is 4.79 Å². The molecule has 1 saturated heterocycles. The first kappa shape index (κ1) is 19.3. The zero-order chi connectivity index (χ0) is 17.5. The molecular formula is C17H28N2O4. The van der Waals surface area contributed by atoms with Crippen molar-refractivity contribution in [3.63, 3.8) is 0 Å². The van der Waals surface area contributed by atoms with Gasteiger partial charge in [0.05, 0.1) is 18.1 Å². The van der Waals surface area contributed by atoms with E-state index in [2.05, 4.69) is 6.07 Å². The summed E-state index contributed by atoms with van der Waals surface area (Å²) in [6, 6.07) is 2.10. The molecule has 0 spiro atoms. The first-order valence-corrected chi connectivity index (χ1v) is 8.26. The van der Waals surface area contributed by atoms with Crippen LogP contribution in [0.3, 0.4) is 0 Å². The summed E-state index contributed by atoms with van der Waals surface area (Å²) < 4.78 is 10.7. The fourth-order valence-electron chi connectivity index (χ4n) is 2.88. The molecule has 0 aromatic rings. The van der Waals surface area contributed by atoms with Gasteiger partial charge in [-0.1, -0.05) is 0 Å². The van der Waals surface area contributed by atoms with Crippen LogP contribution in [0.4, 0.5) is 4.79 Å². The van der Waals surface area contributed by atoms with E-state index in [4.69, 9.17) is 14.7 Å². The number of esters is 1. The Bertz CT molecular complexity index is 464. The van der Waals surface area contributed by atoms with Crippen LogP contribution in [0.15, 0.2) is 0 Å². The second-order valence-electron chi connectivity index (χ2n) is 7.02. The maximum atomic E-state index is 12.5. The van der Waals surface area contributed by atoms with Gasteiger partial charge in [-0.2, -0.15) is 5.26 Å². The Morgan fingerprint density at radius 3 is 2.61 bits per heavy atom. The molecule has 0 aromatic carbocycles. The highest BCUT2D eigenvalue weighted by Gasteiger charge is 2.44. The van der Waals surface area contributed by atoms with E-state index in [0.29, 0.717) is 45.4 Å². The van der Waals surface area contributed by atoms with Crippen LogP contribution >= 0.6 is 0 Å². The lowest BCUT2D eigenvalue weighted by Crippen LogP contribution is -2.51. The summed E-state index contributed by atoms with van der Waals surface area (Å²) in [5.41, 5.74) is -1.29. The Morgan fingerprint density at radius 1 is 1.35 bits per heavy atom. The minimum absolute atomic E-state index is 0.272. The molecule has 1 rings (SSSR count). The number of ether oxygens (including phenoxy) is 2. The number of likely N-dealkylation sites (tertiary alicyclic amines) is 1. The molecule has 0 bridgehead atoms. The summed E-state index contributed by atoms with van der Waals surface area (Å²) in [7, 11) is 0.